The lowest BCUT2D eigenvalue weighted by atomic mass is 10.1. The zero-order valence-corrected chi connectivity index (χ0v) is 10.5. The first-order chi connectivity index (χ1) is 7.81. The lowest BCUT2D eigenvalue weighted by molar-refractivity contribution is 0.490. The molecule has 0 bridgehead atoms. The van der Waals surface area contributed by atoms with Crippen LogP contribution >= 0.6 is 11.8 Å². The van der Waals surface area contributed by atoms with Gasteiger partial charge < -0.3 is 4.42 Å². The van der Waals surface area contributed by atoms with Crippen LogP contribution in [-0.2, 0) is 6.42 Å². The van der Waals surface area contributed by atoms with Crippen LogP contribution in [0, 0.1) is 6.92 Å². The van der Waals surface area contributed by atoms with Gasteiger partial charge in [-0.15, -0.1) is 0 Å². The summed E-state index contributed by atoms with van der Waals surface area (Å²) in [7, 11) is 0. The first kappa shape index (κ1) is 11.3. The second-order valence-electron chi connectivity index (χ2n) is 3.79. The maximum atomic E-state index is 5.76. The molecular formula is C14H16OS. The Kier molecular flexibility index (Phi) is 3.73. The van der Waals surface area contributed by atoms with Crippen LogP contribution in [-0.4, -0.2) is 12.0 Å². The highest BCUT2D eigenvalue weighted by molar-refractivity contribution is 7.98. The fourth-order valence-electron chi connectivity index (χ4n) is 1.77. The number of benzene rings is 1. The molecule has 0 radical (unpaired) electrons. The SMILES string of the molecule is CSCCc1cc(-c2ccccc2)c(C)o1. The predicted molar refractivity (Wildman–Crippen MR) is 71.0 cm³/mol. The highest BCUT2D eigenvalue weighted by Gasteiger charge is 2.08. The van der Waals surface area contributed by atoms with Gasteiger partial charge in [-0.05, 0) is 24.8 Å². The largest absolute Gasteiger partial charge is 0.466 e. The van der Waals surface area contributed by atoms with Crippen molar-refractivity contribution >= 4 is 11.8 Å². The van der Waals surface area contributed by atoms with E-state index in [1.165, 1.54) is 11.1 Å². The Morgan fingerprint density at radius 3 is 2.62 bits per heavy atom. The molecule has 0 amide bonds. The summed E-state index contributed by atoms with van der Waals surface area (Å²) in [6, 6.07) is 12.6. The van der Waals surface area contributed by atoms with E-state index in [1.54, 1.807) is 0 Å². The average Bonchev–Trinajstić information content (AvgIpc) is 2.69. The van der Waals surface area contributed by atoms with Crippen LogP contribution in [0.4, 0.5) is 0 Å². The Labute approximate surface area is 101 Å². The molecular weight excluding hydrogens is 216 g/mol. The Balaban J connectivity index is 2.25. The lowest BCUT2D eigenvalue weighted by Gasteiger charge is -1.96. The number of furan rings is 1. The summed E-state index contributed by atoms with van der Waals surface area (Å²) in [6.45, 7) is 2.03. The van der Waals surface area contributed by atoms with Crippen LogP contribution in [0.2, 0.25) is 0 Å². The van der Waals surface area contributed by atoms with Gasteiger partial charge in [0.2, 0.25) is 0 Å². The van der Waals surface area contributed by atoms with Gasteiger partial charge in [0.15, 0.2) is 0 Å². The van der Waals surface area contributed by atoms with E-state index in [9.17, 15) is 0 Å². The van der Waals surface area contributed by atoms with Gasteiger partial charge in [-0.3, -0.25) is 0 Å². The van der Waals surface area contributed by atoms with Gasteiger partial charge in [0.1, 0.15) is 11.5 Å². The average molecular weight is 232 g/mol. The van der Waals surface area contributed by atoms with Crippen molar-refractivity contribution in [3.8, 4) is 11.1 Å². The summed E-state index contributed by atoms with van der Waals surface area (Å²) >= 11 is 1.85. The molecule has 2 rings (SSSR count). The molecule has 1 aromatic carbocycles. The molecule has 0 unspecified atom stereocenters. The third-order valence-electron chi connectivity index (χ3n) is 2.61. The molecule has 1 aromatic heterocycles. The number of thioether (sulfide) groups is 1. The van der Waals surface area contributed by atoms with Crippen LogP contribution in [0.5, 0.6) is 0 Å². The van der Waals surface area contributed by atoms with Crippen LogP contribution in [0.25, 0.3) is 11.1 Å². The van der Waals surface area contributed by atoms with Crippen LogP contribution < -0.4 is 0 Å². The molecule has 2 aromatic rings. The molecule has 0 saturated carbocycles. The molecule has 16 heavy (non-hydrogen) atoms. The van der Waals surface area contributed by atoms with Gasteiger partial charge in [-0.1, -0.05) is 30.3 Å². The maximum Gasteiger partial charge on any atom is 0.108 e. The molecule has 0 aliphatic heterocycles. The van der Waals surface area contributed by atoms with Gasteiger partial charge in [0.05, 0.1) is 0 Å². The summed E-state index contributed by atoms with van der Waals surface area (Å²) < 4.78 is 5.76. The molecule has 0 fully saturated rings. The van der Waals surface area contributed by atoms with Crippen molar-refractivity contribution in [3.63, 3.8) is 0 Å². The highest BCUT2D eigenvalue weighted by Crippen LogP contribution is 2.26. The Morgan fingerprint density at radius 1 is 1.19 bits per heavy atom. The van der Waals surface area contributed by atoms with Crippen LogP contribution in [0.3, 0.4) is 0 Å². The molecule has 0 aliphatic carbocycles. The van der Waals surface area contributed by atoms with Gasteiger partial charge >= 0.3 is 0 Å². The minimum atomic E-state index is 1.01. The van der Waals surface area contributed by atoms with Crippen LogP contribution in [0.15, 0.2) is 40.8 Å². The topological polar surface area (TPSA) is 13.1 Å². The number of hydrogen-bond acceptors (Lipinski definition) is 2. The Hall–Kier alpha value is -1.15. The predicted octanol–water partition coefficient (Wildman–Crippen LogP) is 4.16. The van der Waals surface area contributed by atoms with Crippen molar-refractivity contribution in [2.45, 2.75) is 13.3 Å². The standard InChI is InChI=1S/C14H16OS/c1-11-14(12-6-4-3-5-7-12)10-13(15-11)8-9-16-2/h3-7,10H,8-9H2,1-2H3. The van der Waals surface area contributed by atoms with Crippen molar-refractivity contribution < 1.29 is 4.42 Å². The zero-order valence-electron chi connectivity index (χ0n) is 9.69. The molecule has 1 heterocycles. The van der Waals surface area contributed by atoms with Gasteiger partial charge in [0, 0.05) is 17.7 Å². The minimum absolute atomic E-state index is 1.01. The first-order valence-corrected chi connectivity index (χ1v) is 6.84. The number of aryl methyl sites for hydroxylation is 2. The lowest BCUT2D eigenvalue weighted by Crippen LogP contribution is -1.83. The molecule has 84 valence electrons. The van der Waals surface area contributed by atoms with E-state index in [2.05, 4.69) is 36.6 Å². The molecule has 0 saturated heterocycles. The molecule has 0 aliphatic rings. The fourth-order valence-corrected chi connectivity index (χ4v) is 2.18. The fraction of sp³-hybridized carbons (Fsp3) is 0.286. The normalized spacial score (nSPS) is 10.6. The Morgan fingerprint density at radius 2 is 1.94 bits per heavy atom. The summed E-state index contributed by atoms with van der Waals surface area (Å²) in [5.74, 6) is 3.22. The van der Waals surface area contributed by atoms with E-state index in [0.717, 1.165) is 23.7 Å². The summed E-state index contributed by atoms with van der Waals surface area (Å²) in [5.41, 5.74) is 2.45. The molecule has 0 atom stereocenters. The van der Waals surface area contributed by atoms with Crippen LogP contribution in [0.1, 0.15) is 11.5 Å². The van der Waals surface area contributed by atoms with Gasteiger partial charge in [-0.2, -0.15) is 11.8 Å². The zero-order chi connectivity index (χ0) is 11.4. The van der Waals surface area contributed by atoms with E-state index in [-0.39, 0.29) is 0 Å². The highest BCUT2D eigenvalue weighted by atomic mass is 32.2. The monoisotopic (exact) mass is 232 g/mol. The van der Waals surface area contributed by atoms with Crippen molar-refractivity contribution in [2.24, 2.45) is 0 Å². The minimum Gasteiger partial charge on any atom is -0.466 e. The summed E-state index contributed by atoms with van der Waals surface area (Å²) in [6.07, 6.45) is 3.13. The molecule has 1 nitrogen and oxygen atoms in total. The van der Waals surface area contributed by atoms with E-state index < -0.39 is 0 Å². The maximum absolute atomic E-state index is 5.76. The van der Waals surface area contributed by atoms with Crippen molar-refractivity contribution in [1.82, 2.24) is 0 Å². The molecule has 0 N–H and O–H groups in total. The van der Waals surface area contributed by atoms with Gasteiger partial charge in [0.25, 0.3) is 0 Å². The third-order valence-corrected chi connectivity index (χ3v) is 3.22. The van der Waals surface area contributed by atoms with E-state index in [0.29, 0.717) is 0 Å². The van der Waals surface area contributed by atoms with E-state index in [4.69, 9.17) is 4.42 Å². The Bertz CT molecular complexity index is 445. The van der Waals surface area contributed by atoms with Crippen molar-refractivity contribution in [2.75, 3.05) is 12.0 Å². The first-order valence-electron chi connectivity index (χ1n) is 5.45. The summed E-state index contributed by atoms with van der Waals surface area (Å²) in [5, 5.41) is 0. The number of rotatable bonds is 4. The quantitative estimate of drug-likeness (QED) is 0.785. The van der Waals surface area contributed by atoms with E-state index >= 15 is 0 Å². The third kappa shape index (κ3) is 2.50. The second-order valence-corrected chi connectivity index (χ2v) is 4.78. The van der Waals surface area contributed by atoms with Crippen molar-refractivity contribution in [3.05, 3.63) is 47.9 Å². The second kappa shape index (κ2) is 5.26. The van der Waals surface area contributed by atoms with E-state index in [1.807, 2.05) is 24.8 Å². The molecule has 2 heteroatoms. The molecule has 0 spiro atoms. The summed E-state index contributed by atoms with van der Waals surface area (Å²) in [4.78, 5) is 0. The smallest absolute Gasteiger partial charge is 0.108 e. The van der Waals surface area contributed by atoms with Crippen molar-refractivity contribution in [1.29, 1.82) is 0 Å². The number of hydrogen-bond donors (Lipinski definition) is 0. The van der Waals surface area contributed by atoms with Gasteiger partial charge in [-0.25, -0.2) is 0 Å².